The second-order valence-corrected chi connectivity index (χ2v) is 5.93. The van der Waals surface area contributed by atoms with Crippen LogP contribution in [0.3, 0.4) is 0 Å². The summed E-state index contributed by atoms with van der Waals surface area (Å²) in [5, 5.41) is 4.83. The first-order chi connectivity index (χ1) is 10.9. The number of rotatable bonds is 4. The number of ether oxygens (including phenoxy) is 1. The van der Waals surface area contributed by atoms with E-state index in [9.17, 15) is 0 Å². The first kappa shape index (κ1) is 13.4. The van der Waals surface area contributed by atoms with Crippen LogP contribution >= 0.6 is 0 Å². The fourth-order valence-electron chi connectivity index (χ4n) is 3.21. The predicted molar refractivity (Wildman–Crippen MR) is 89.5 cm³/mol. The third-order valence-corrected chi connectivity index (χ3v) is 4.35. The zero-order chi connectivity index (χ0) is 14.8. The Kier molecular flexibility index (Phi) is 3.57. The van der Waals surface area contributed by atoms with Crippen LogP contribution in [0.4, 0.5) is 0 Å². The summed E-state index contributed by atoms with van der Waals surface area (Å²) in [5.41, 5.74) is 2.54. The molecule has 0 bridgehead atoms. The molecule has 1 aromatic heterocycles. The Morgan fingerprint density at radius 3 is 2.77 bits per heavy atom. The van der Waals surface area contributed by atoms with Gasteiger partial charge >= 0.3 is 0 Å². The van der Waals surface area contributed by atoms with E-state index in [4.69, 9.17) is 4.74 Å². The number of H-pyrrole nitrogens is 1. The summed E-state index contributed by atoms with van der Waals surface area (Å²) in [5.74, 6) is 1.76. The molecule has 22 heavy (non-hydrogen) atoms. The number of hydrogen-bond acceptors (Lipinski definition) is 2. The van der Waals surface area contributed by atoms with Crippen LogP contribution in [0.15, 0.2) is 54.7 Å². The molecule has 0 aliphatic carbocycles. The molecule has 0 radical (unpaired) electrons. The van der Waals surface area contributed by atoms with Crippen molar-refractivity contribution in [1.29, 1.82) is 0 Å². The lowest BCUT2D eigenvalue weighted by molar-refractivity contribution is 0.483. The largest absolute Gasteiger partial charge is 0.457 e. The SMILES string of the molecule is c1ccc(Oc2ccc3[nH]cc(C[C@H]4CCCN4)c3c2)cc1. The van der Waals surface area contributed by atoms with Gasteiger partial charge in [0.05, 0.1) is 0 Å². The zero-order valence-electron chi connectivity index (χ0n) is 12.5. The molecule has 1 aliphatic heterocycles. The highest BCUT2D eigenvalue weighted by molar-refractivity contribution is 5.84. The van der Waals surface area contributed by atoms with Crippen molar-refractivity contribution < 1.29 is 4.74 Å². The van der Waals surface area contributed by atoms with Crippen molar-refractivity contribution in [3.05, 3.63) is 60.3 Å². The van der Waals surface area contributed by atoms with E-state index in [1.165, 1.54) is 29.3 Å². The van der Waals surface area contributed by atoms with E-state index < -0.39 is 0 Å². The van der Waals surface area contributed by atoms with E-state index in [0.717, 1.165) is 24.5 Å². The first-order valence-corrected chi connectivity index (χ1v) is 7.95. The van der Waals surface area contributed by atoms with Gasteiger partial charge in [0, 0.05) is 23.1 Å². The quantitative estimate of drug-likeness (QED) is 0.754. The maximum Gasteiger partial charge on any atom is 0.128 e. The number of benzene rings is 2. The van der Waals surface area contributed by atoms with Gasteiger partial charge in [-0.2, -0.15) is 0 Å². The highest BCUT2D eigenvalue weighted by Gasteiger charge is 2.16. The van der Waals surface area contributed by atoms with Crippen LogP contribution in [-0.4, -0.2) is 17.6 Å². The molecule has 1 aliphatic rings. The van der Waals surface area contributed by atoms with E-state index >= 15 is 0 Å². The van der Waals surface area contributed by atoms with Crippen LogP contribution < -0.4 is 10.1 Å². The third kappa shape index (κ3) is 2.72. The normalized spacial score (nSPS) is 17.9. The summed E-state index contributed by atoms with van der Waals surface area (Å²) in [7, 11) is 0. The summed E-state index contributed by atoms with van der Waals surface area (Å²) >= 11 is 0. The number of aromatic amines is 1. The Bertz CT molecular complexity index is 757. The van der Waals surface area contributed by atoms with Gasteiger partial charge in [0.2, 0.25) is 0 Å². The standard InChI is InChI=1S/C19H20N2O/c1-2-6-16(7-3-1)22-17-8-9-19-18(12-17)14(13-21-19)11-15-5-4-10-20-15/h1-3,6-9,12-13,15,20-21H,4-5,10-11H2/t15-/m1/s1. The molecule has 1 fully saturated rings. The highest BCUT2D eigenvalue weighted by atomic mass is 16.5. The van der Waals surface area contributed by atoms with Crippen LogP contribution in [0.2, 0.25) is 0 Å². The molecular formula is C19H20N2O. The third-order valence-electron chi connectivity index (χ3n) is 4.35. The second kappa shape index (κ2) is 5.85. The Hall–Kier alpha value is -2.26. The Labute approximate surface area is 130 Å². The van der Waals surface area contributed by atoms with Crippen molar-refractivity contribution in [2.24, 2.45) is 0 Å². The van der Waals surface area contributed by atoms with Gasteiger partial charge in [-0.05, 0) is 61.7 Å². The first-order valence-electron chi connectivity index (χ1n) is 7.95. The lowest BCUT2D eigenvalue weighted by Gasteiger charge is -2.09. The van der Waals surface area contributed by atoms with Crippen molar-refractivity contribution in [1.82, 2.24) is 10.3 Å². The lowest BCUT2D eigenvalue weighted by Crippen LogP contribution is -2.23. The molecule has 2 aromatic carbocycles. The van der Waals surface area contributed by atoms with Gasteiger partial charge in [0.15, 0.2) is 0 Å². The molecule has 2 heterocycles. The van der Waals surface area contributed by atoms with Crippen molar-refractivity contribution in [2.75, 3.05) is 6.54 Å². The average Bonchev–Trinajstić information content (AvgIpc) is 3.19. The van der Waals surface area contributed by atoms with Gasteiger partial charge < -0.3 is 15.0 Å². The van der Waals surface area contributed by atoms with Crippen molar-refractivity contribution in [3.63, 3.8) is 0 Å². The monoisotopic (exact) mass is 292 g/mol. The van der Waals surface area contributed by atoms with Crippen LogP contribution in [0.1, 0.15) is 18.4 Å². The minimum absolute atomic E-state index is 0.609. The fraction of sp³-hybridized carbons (Fsp3) is 0.263. The zero-order valence-corrected chi connectivity index (χ0v) is 12.5. The van der Waals surface area contributed by atoms with Crippen LogP contribution in [0, 0.1) is 0 Å². The lowest BCUT2D eigenvalue weighted by atomic mass is 10.0. The smallest absolute Gasteiger partial charge is 0.128 e. The minimum atomic E-state index is 0.609. The number of para-hydroxylation sites is 1. The van der Waals surface area contributed by atoms with E-state index in [1.807, 2.05) is 36.4 Å². The van der Waals surface area contributed by atoms with Gasteiger partial charge in [-0.25, -0.2) is 0 Å². The van der Waals surface area contributed by atoms with Gasteiger partial charge in [-0.15, -0.1) is 0 Å². The number of aromatic nitrogens is 1. The van der Waals surface area contributed by atoms with Gasteiger partial charge in [-0.1, -0.05) is 18.2 Å². The summed E-state index contributed by atoms with van der Waals surface area (Å²) in [6.07, 6.45) is 5.77. The molecule has 3 aromatic rings. The molecule has 0 spiro atoms. The minimum Gasteiger partial charge on any atom is -0.457 e. The summed E-state index contributed by atoms with van der Waals surface area (Å²) < 4.78 is 5.95. The van der Waals surface area contributed by atoms with Gasteiger partial charge in [0.1, 0.15) is 11.5 Å². The van der Waals surface area contributed by atoms with Crippen molar-refractivity contribution in [2.45, 2.75) is 25.3 Å². The fourth-order valence-corrected chi connectivity index (χ4v) is 3.21. The molecule has 0 amide bonds. The second-order valence-electron chi connectivity index (χ2n) is 5.93. The number of nitrogens with one attached hydrogen (secondary N) is 2. The topological polar surface area (TPSA) is 37.0 Å². The molecule has 3 heteroatoms. The van der Waals surface area contributed by atoms with E-state index in [-0.39, 0.29) is 0 Å². The molecule has 3 nitrogen and oxygen atoms in total. The molecule has 2 N–H and O–H groups in total. The highest BCUT2D eigenvalue weighted by Crippen LogP contribution is 2.28. The van der Waals surface area contributed by atoms with E-state index in [0.29, 0.717) is 6.04 Å². The average molecular weight is 292 g/mol. The van der Waals surface area contributed by atoms with Crippen molar-refractivity contribution in [3.8, 4) is 11.5 Å². The van der Waals surface area contributed by atoms with E-state index in [1.54, 1.807) is 0 Å². The molecule has 0 unspecified atom stereocenters. The molecule has 0 saturated carbocycles. The number of fused-ring (bicyclic) bond motifs is 1. The summed E-state index contributed by atoms with van der Waals surface area (Å²) in [6, 6.07) is 16.8. The van der Waals surface area contributed by atoms with Gasteiger partial charge in [0.25, 0.3) is 0 Å². The Balaban J connectivity index is 1.61. The number of hydrogen-bond donors (Lipinski definition) is 2. The molecule has 1 atom stereocenters. The van der Waals surface area contributed by atoms with Gasteiger partial charge in [-0.3, -0.25) is 0 Å². The Morgan fingerprint density at radius 2 is 1.95 bits per heavy atom. The van der Waals surface area contributed by atoms with E-state index in [2.05, 4.69) is 28.6 Å². The van der Waals surface area contributed by atoms with Crippen molar-refractivity contribution >= 4 is 10.9 Å². The molecule has 112 valence electrons. The maximum absolute atomic E-state index is 5.95. The predicted octanol–water partition coefficient (Wildman–Crippen LogP) is 4.25. The molecule has 1 saturated heterocycles. The summed E-state index contributed by atoms with van der Waals surface area (Å²) in [4.78, 5) is 3.37. The van der Waals surface area contributed by atoms with Crippen LogP contribution in [0.25, 0.3) is 10.9 Å². The Morgan fingerprint density at radius 1 is 1.05 bits per heavy atom. The maximum atomic E-state index is 5.95. The van der Waals surface area contributed by atoms with Crippen LogP contribution in [0.5, 0.6) is 11.5 Å². The molecular weight excluding hydrogens is 272 g/mol. The van der Waals surface area contributed by atoms with Crippen LogP contribution in [-0.2, 0) is 6.42 Å². The molecule has 4 rings (SSSR count). The summed E-state index contributed by atoms with van der Waals surface area (Å²) in [6.45, 7) is 1.15.